The summed E-state index contributed by atoms with van der Waals surface area (Å²) in [6, 6.07) is 0. The molecule has 0 nitrogen and oxygen atoms in total. The maximum absolute atomic E-state index is 2.26. The van der Waals surface area contributed by atoms with E-state index < -0.39 is 0 Å². The van der Waals surface area contributed by atoms with Crippen molar-refractivity contribution in [2.24, 2.45) is 0 Å². The van der Waals surface area contributed by atoms with Gasteiger partial charge in [-0.05, 0) is 0 Å². The summed E-state index contributed by atoms with van der Waals surface area (Å²) in [7, 11) is 0. The number of hydrogen-bond acceptors (Lipinski definition) is 0. The maximum Gasteiger partial charge on any atom is 2.00 e. The van der Waals surface area contributed by atoms with Gasteiger partial charge in [0.1, 0.15) is 0 Å². The van der Waals surface area contributed by atoms with Crippen LogP contribution in [0.4, 0.5) is 0 Å². The van der Waals surface area contributed by atoms with E-state index in [-0.39, 0.29) is 35.5 Å². The Labute approximate surface area is 100 Å². The first-order valence-corrected chi connectivity index (χ1v) is 4.56. The van der Waals surface area contributed by atoms with Crippen molar-refractivity contribution in [3.63, 3.8) is 0 Å². The third kappa shape index (κ3) is 17.2. The van der Waals surface area contributed by atoms with Crippen molar-refractivity contribution in [3.05, 3.63) is 5.92 Å². The second kappa shape index (κ2) is 14.6. The molecule has 0 saturated heterocycles. The number of unbranched alkanes of at least 4 members (excludes halogenated alkanes) is 4. The third-order valence-corrected chi connectivity index (χ3v) is 1.78. The fraction of sp³-hybridized carbons (Fsp3) is 0.900. The third-order valence-electron chi connectivity index (χ3n) is 1.78. The second-order valence-corrected chi connectivity index (χ2v) is 3.37. The number of hydrogen-bond donors (Lipinski definition) is 0. The summed E-state index contributed by atoms with van der Waals surface area (Å²) in [5, 5.41) is 0. The van der Waals surface area contributed by atoms with E-state index in [2.05, 4.69) is 20.8 Å². The zero-order valence-corrected chi connectivity index (χ0v) is 11.0. The summed E-state index contributed by atoms with van der Waals surface area (Å²) in [6.45, 7) is 6.71. The Balaban J connectivity index is -0.000000405. The van der Waals surface area contributed by atoms with E-state index in [9.17, 15) is 0 Å². The van der Waals surface area contributed by atoms with E-state index in [1.165, 1.54) is 38.5 Å². The molecule has 0 atom stereocenters. The van der Waals surface area contributed by atoms with E-state index in [1.54, 1.807) is 5.92 Å². The predicted molar refractivity (Wildman–Crippen MR) is 53.7 cm³/mol. The molecule has 0 amide bonds. The van der Waals surface area contributed by atoms with E-state index in [0.717, 1.165) is 0 Å². The van der Waals surface area contributed by atoms with Gasteiger partial charge in [-0.25, -0.2) is 0 Å². The molecule has 0 aliphatic carbocycles. The van der Waals surface area contributed by atoms with Crippen molar-refractivity contribution in [2.75, 3.05) is 0 Å². The molecule has 0 N–H and O–H groups in total. The summed E-state index contributed by atoms with van der Waals surface area (Å²) in [5.41, 5.74) is 0. The molecule has 70 valence electrons. The largest absolute Gasteiger partial charge is 2.00 e. The van der Waals surface area contributed by atoms with Crippen molar-refractivity contribution < 1.29 is 12.4 Å². The van der Waals surface area contributed by atoms with Crippen molar-refractivity contribution in [1.29, 1.82) is 0 Å². The first-order valence-electron chi connectivity index (χ1n) is 4.56. The summed E-state index contributed by atoms with van der Waals surface area (Å²) in [4.78, 5) is 0. The fourth-order valence-electron chi connectivity index (χ4n) is 1.08. The van der Waals surface area contributed by atoms with Crippen LogP contribution in [0.15, 0.2) is 0 Å². The molecule has 12 heavy (non-hydrogen) atoms. The minimum atomic E-state index is 0. The summed E-state index contributed by atoms with van der Waals surface area (Å²) >= 11 is 0. The minimum Gasteiger partial charge on any atom is -1.00 e. The van der Waals surface area contributed by atoms with Crippen molar-refractivity contribution >= 4 is 23.1 Å². The van der Waals surface area contributed by atoms with Crippen LogP contribution in [0.5, 0.6) is 0 Å². The molecule has 0 unspecified atom stereocenters. The summed E-state index contributed by atoms with van der Waals surface area (Å²) < 4.78 is 0. The average molecular weight is 201 g/mol. The summed E-state index contributed by atoms with van der Waals surface area (Å²) in [6.07, 6.45) is 8.38. The van der Waals surface area contributed by atoms with Crippen molar-refractivity contribution in [3.8, 4) is 0 Å². The van der Waals surface area contributed by atoms with Gasteiger partial charge in [-0.15, -0.1) is 0 Å². The van der Waals surface area contributed by atoms with Gasteiger partial charge >= 0.3 is 23.1 Å². The molecule has 0 aromatic heterocycles. The van der Waals surface area contributed by atoms with Crippen molar-refractivity contribution in [2.45, 2.75) is 59.3 Å². The van der Waals surface area contributed by atoms with Crippen LogP contribution in [0.2, 0.25) is 0 Å². The Morgan fingerprint density at radius 2 is 1.42 bits per heavy atom. The molecule has 0 aliphatic rings. The standard InChI is InChI=1S/C10H21.ClH.Mg/c1-4-5-6-7-8-9-10(2)3;;/h4-9H2,1-3H3;1H;/q-1;;+2/p-1. The SMILES string of the molecule is CCCCCCC[C-](C)C.[Cl-].[Mg+2]. The Bertz CT molecular complexity index is 64.9. The molecule has 0 aliphatic heterocycles. The van der Waals surface area contributed by atoms with Gasteiger partial charge in [-0.2, -0.15) is 20.3 Å². The Kier molecular flexibility index (Phi) is 22.8. The summed E-state index contributed by atoms with van der Waals surface area (Å²) in [5.74, 6) is 1.58. The van der Waals surface area contributed by atoms with Crippen LogP contribution >= 0.6 is 0 Å². The van der Waals surface area contributed by atoms with Gasteiger partial charge < -0.3 is 18.3 Å². The van der Waals surface area contributed by atoms with E-state index >= 15 is 0 Å². The molecule has 0 aromatic carbocycles. The van der Waals surface area contributed by atoms with Gasteiger partial charge in [0.15, 0.2) is 0 Å². The topological polar surface area (TPSA) is 0 Å². The predicted octanol–water partition coefficient (Wildman–Crippen LogP) is 0.584. The van der Waals surface area contributed by atoms with Crippen LogP contribution in [0.3, 0.4) is 0 Å². The van der Waals surface area contributed by atoms with Crippen LogP contribution < -0.4 is 12.4 Å². The van der Waals surface area contributed by atoms with Crippen LogP contribution in [0, 0.1) is 5.92 Å². The maximum atomic E-state index is 2.26. The van der Waals surface area contributed by atoms with E-state index in [1.807, 2.05) is 0 Å². The molecule has 2 heteroatoms. The quantitative estimate of drug-likeness (QED) is 0.335. The van der Waals surface area contributed by atoms with Crippen molar-refractivity contribution in [1.82, 2.24) is 0 Å². The Hall–Kier alpha value is 1.06. The second-order valence-electron chi connectivity index (χ2n) is 3.37. The molecule has 0 fully saturated rings. The molecule has 0 spiro atoms. The average Bonchev–Trinajstić information content (AvgIpc) is 1.87. The van der Waals surface area contributed by atoms with Crippen LogP contribution in [-0.4, -0.2) is 23.1 Å². The van der Waals surface area contributed by atoms with Crippen LogP contribution in [0.1, 0.15) is 59.3 Å². The van der Waals surface area contributed by atoms with Gasteiger partial charge in [-0.3, -0.25) is 0 Å². The monoisotopic (exact) mass is 200 g/mol. The Morgan fingerprint density at radius 1 is 0.917 bits per heavy atom. The molecule has 0 rings (SSSR count). The molecular weight excluding hydrogens is 180 g/mol. The normalized spacial score (nSPS) is 9.00. The van der Waals surface area contributed by atoms with Gasteiger partial charge in [0.05, 0.1) is 0 Å². The number of rotatable bonds is 6. The van der Waals surface area contributed by atoms with Crippen LogP contribution in [-0.2, 0) is 0 Å². The molecule has 0 bridgehead atoms. The zero-order valence-electron chi connectivity index (χ0n) is 8.83. The molecule has 0 radical (unpaired) electrons. The van der Waals surface area contributed by atoms with E-state index in [0.29, 0.717) is 0 Å². The van der Waals surface area contributed by atoms with E-state index in [4.69, 9.17) is 0 Å². The van der Waals surface area contributed by atoms with Gasteiger partial charge in [-0.1, -0.05) is 39.0 Å². The molecule has 0 aromatic rings. The van der Waals surface area contributed by atoms with Gasteiger partial charge in [0, 0.05) is 0 Å². The fourth-order valence-corrected chi connectivity index (χ4v) is 1.08. The zero-order chi connectivity index (χ0) is 7.82. The first kappa shape index (κ1) is 18.8. The minimum absolute atomic E-state index is 0. The number of halogens is 1. The molecular formula is C10H21ClMg. The van der Waals surface area contributed by atoms with Crippen LogP contribution in [0.25, 0.3) is 0 Å². The Morgan fingerprint density at radius 3 is 1.83 bits per heavy atom. The first-order chi connectivity index (χ1) is 4.77. The smallest absolute Gasteiger partial charge is 1.00 e. The van der Waals surface area contributed by atoms with Gasteiger partial charge in [0.2, 0.25) is 0 Å². The van der Waals surface area contributed by atoms with Gasteiger partial charge in [0.25, 0.3) is 0 Å². The molecule has 0 saturated carbocycles. The molecule has 0 heterocycles.